The Morgan fingerprint density at radius 3 is 1.33 bits per heavy atom. The van der Waals surface area contributed by atoms with Crippen LogP contribution in [0.1, 0.15) is 163 Å². The second-order valence-electron chi connectivity index (χ2n) is 35.2. The van der Waals surface area contributed by atoms with Crippen molar-refractivity contribution in [2.24, 2.45) is 0 Å². The number of hydrogen-bond acceptors (Lipinski definition) is 21. The average Bonchev–Trinajstić information content (AvgIpc) is 0.738. The maximum Gasteiger partial charge on any atom is 0.355 e. The molecule has 6 atom stereocenters. The second kappa shape index (κ2) is 39.2. The van der Waals surface area contributed by atoms with Crippen molar-refractivity contribution in [3.63, 3.8) is 0 Å². The highest BCUT2D eigenvalue weighted by Gasteiger charge is 2.40. The molecule has 27 nitrogen and oxygen atoms in total. The fourth-order valence-corrected chi connectivity index (χ4v) is 18.5. The second-order valence-corrected chi connectivity index (χ2v) is 36.0. The number of nitrogens with two attached hydrogens (primary N) is 1. The summed E-state index contributed by atoms with van der Waals surface area (Å²) in [5.41, 5.74) is 13.7. The van der Waals surface area contributed by atoms with Crippen LogP contribution in [0.5, 0.6) is 0 Å². The molecular formula is C100H107Cl2F3N20O7. The summed E-state index contributed by atoms with van der Waals surface area (Å²) >= 11 is 13.7. The van der Waals surface area contributed by atoms with Gasteiger partial charge in [0.2, 0.25) is 17.7 Å². The molecule has 32 heteroatoms. The Labute approximate surface area is 774 Å². The first kappa shape index (κ1) is 95.9. The van der Waals surface area contributed by atoms with Gasteiger partial charge in [0.1, 0.15) is 34.8 Å². The van der Waals surface area contributed by atoms with Crippen molar-refractivity contribution in [1.29, 1.82) is 5.26 Å². The number of nitrogen functional groups attached to an aromatic ring is 1. The van der Waals surface area contributed by atoms with Gasteiger partial charge in [0, 0.05) is 111 Å². The first-order valence-electron chi connectivity index (χ1n) is 43.7. The van der Waals surface area contributed by atoms with Gasteiger partial charge in [-0.3, -0.25) is 29.1 Å². The standard InChI is InChI=1S/C35H41F2N7O2.C33H35ClN6O3.C32H31ClFN7O2/c1-9-29(45)42-16-22(6)43(17-21(42)5)33-25-15-27(37)31(30-26(36)11-10-12-28(30)38)39-34(25)44(35(46)40-33)32-20(4)13-23(18-41(7)8)14-24(32)19(2)3;1-8-27(42)38-16-21(6)39(17-20(38)5)31-25-15-26(34)29(24-12-10-9-11-23(24)22(7)41)36-32(25)40(33(43)37-31)30-19(4)13-14-35-28(30)18(2)3;1-7-25(42)39-15-20(6)40(16-19(39)5)30-22-13-23(33)28(26-21(14-35)9-8-10-24(26)34)37-31(22)41(32(43)38-30)29-18(4)11-12-36-27(29)17(2)3/h9-15,19,21-22H,1,16-18,38H2,2-8H3;8-15,18,20-21H,1,16-17H2,2-7H3;7-13,17,19-20H,1,15-16H2,2-6H3. The topological polar surface area (TPSA) is 310 Å². The molecule has 132 heavy (non-hydrogen) atoms. The van der Waals surface area contributed by atoms with E-state index in [0.29, 0.717) is 118 Å². The quantitative estimate of drug-likeness (QED) is 0.0474. The third kappa shape index (κ3) is 18.5. The maximum atomic E-state index is 16.1. The van der Waals surface area contributed by atoms with Crippen LogP contribution in [0.25, 0.3) is 83.9 Å². The molecule has 0 aliphatic carbocycles. The number of aryl methyl sites for hydroxylation is 3. The lowest BCUT2D eigenvalue weighted by Gasteiger charge is -2.44. The van der Waals surface area contributed by atoms with E-state index in [2.05, 4.69) is 60.6 Å². The van der Waals surface area contributed by atoms with Gasteiger partial charge >= 0.3 is 17.1 Å². The number of nitrogens with zero attached hydrogens (tertiary/aromatic N) is 19. The Morgan fingerprint density at radius 2 is 0.909 bits per heavy atom. The Balaban J connectivity index is 0.000000168. The Morgan fingerprint density at radius 1 is 0.500 bits per heavy atom. The molecule has 15 rings (SSSR count). The molecule has 3 amide bonds. The SMILES string of the molecule is C=CC(=O)N1CC(C)N(c2nc(=O)n(-c3c(C)cc(CN(C)C)cc3C(C)C)c3nc(-c4c(N)cccc4F)c(F)cc23)CC1C.C=CC(=O)N1CC(C)N(c2nc(=O)n(-c3c(C)ccnc3C(C)C)c3nc(-c4c(F)cccc4C#N)c(Cl)cc23)CC1C.C=CC(=O)N1CC(C)N(c2nc(=O)n(-c3c(C)ccnc3C(C)C)c3nc(-c4ccccc4C(C)=O)c(Cl)cc23)CC1C. The molecule has 0 bridgehead atoms. The monoisotopic (exact) mass is 1830 g/mol. The van der Waals surface area contributed by atoms with Crippen LogP contribution < -0.4 is 37.5 Å². The van der Waals surface area contributed by atoms with Gasteiger partial charge in [-0.2, -0.15) is 20.2 Å². The van der Waals surface area contributed by atoms with E-state index in [1.807, 2.05) is 157 Å². The first-order chi connectivity index (χ1) is 62.6. The number of aromatic nitrogens is 11. The zero-order chi connectivity index (χ0) is 95.9. The van der Waals surface area contributed by atoms with E-state index in [0.717, 1.165) is 33.5 Å². The molecule has 8 aromatic heterocycles. The van der Waals surface area contributed by atoms with Crippen molar-refractivity contribution in [2.75, 3.05) is 73.8 Å². The number of hydrogen-bond donors (Lipinski definition) is 1. The third-order valence-electron chi connectivity index (χ3n) is 24.4. The summed E-state index contributed by atoms with van der Waals surface area (Å²) in [5, 5.41) is 11.5. The maximum absolute atomic E-state index is 16.1. The highest BCUT2D eigenvalue weighted by Crippen LogP contribution is 2.43. The number of ketones is 1. The predicted octanol–water partition coefficient (Wildman–Crippen LogP) is 16.7. The number of piperazine rings is 3. The number of benzene rings is 4. The Kier molecular flexibility index (Phi) is 28.5. The van der Waals surface area contributed by atoms with Gasteiger partial charge in [0.15, 0.2) is 28.5 Å². The number of Topliss-reactive ketones (excluding diaryl/α,β-unsaturated/α-hetero) is 1. The third-order valence-corrected chi connectivity index (χ3v) is 24.9. The van der Waals surface area contributed by atoms with E-state index in [9.17, 15) is 38.8 Å². The van der Waals surface area contributed by atoms with Gasteiger partial charge in [-0.25, -0.2) is 56.2 Å². The molecule has 12 aromatic rings. The van der Waals surface area contributed by atoms with Crippen LogP contribution in [0.2, 0.25) is 10.0 Å². The van der Waals surface area contributed by atoms with Gasteiger partial charge in [-0.15, -0.1) is 0 Å². The largest absolute Gasteiger partial charge is 0.398 e. The number of halogens is 5. The van der Waals surface area contributed by atoms with Gasteiger partial charge in [-0.1, -0.05) is 133 Å². The summed E-state index contributed by atoms with van der Waals surface area (Å²) in [5.74, 6) is -1.82. The molecule has 3 aliphatic heterocycles. The number of carbonyl (C=O) groups excluding carboxylic acids is 4. The summed E-state index contributed by atoms with van der Waals surface area (Å²) < 4.78 is 50.9. The number of carbonyl (C=O) groups is 4. The molecule has 2 N–H and O–H groups in total. The number of amides is 3. The minimum Gasteiger partial charge on any atom is -0.398 e. The van der Waals surface area contributed by atoms with Crippen molar-refractivity contribution >= 4 is 103 Å². The van der Waals surface area contributed by atoms with Crippen molar-refractivity contribution < 1.29 is 32.3 Å². The highest BCUT2D eigenvalue weighted by molar-refractivity contribution is 6.34. The number of anilines is 4. The molecule has 3 fully saturated rings. The molecule has 3 saturated heterocycles. The lowest BCUT2D eigenvalue weighted by atomic mass is 9.94. The molecular weight excluding hydrogens is 1720 g/mol. The summed E-state index contributed by atoms with van der Waals surface area (Å²) in [4.78, 5) is 143. The number of fused-ring (bicyclic) bond motifs is 3. The van der Waals surface area contributed by atoms with Crippen LogP contribution in [-0.4, -0.2) is 186 Å². The fourth-order valence-electron chi connectivity index (χ4n) is 18.0. The smallest absolute Gasteiger partial charge is 0.355 e. The molecule has 0 saturated carbocycles. The minimum atomic E-state index is -0.805. The van der Waals surface area contributed by atoms with Crippen LogP contribution in [-0.2, 0) is 20.9 Å². The summed E-state index contributed by atoms with van der Waals surface area (Å²) in [6.45, 7) is 44.8. The lowest BCUT2D eigenvalue weighted by molar-refractivity contribution is -0.129. The highest BCUT2D eigenvalue weighted by atomic mass is 35.5. The Bertz CT molecular complexity index is 6890. The van der Waals surface area contributed by atoms with Crippen molar-refractivity contribution in [3.8, 4) is 56.9 Å². The van der Waals surface area contributed by atoms with Crippen molar-refractivity contribution in [3.05, 3.63) is 263 Å². The van der Waals surface area contributed by atoms with Gasteiger partial charge in [-0.05, 0) is 202 Å². The van der Waals surface area contributed by atoms with E-state index in [1.165, 1.54) is 81.3 Å². The number of pyridine rings is 5. The van der Waals surface area contributed by atoms with Crippen molar-refractivity contribution in [2.45, 2.75) is 171 Å². The normalized spacial score (nSPS) is 17.0. The van der Waals surface area contributed by atoms with E-state index in [1.54, 1.807) is 63.5 Å². The van der Waals surface area contributed by atoms with E-state index in [-0.39, 0.29) is 139 Å². The predicted molar refractivity (Wildman–Crippen MR) is 515 cm³/mol. The summed E-state index contributed by atoms with van der Waals surface area (Å²) in [7, 11) is 3.98. The van der Waals surface area contributed by atoms with Gasteiger partial charge < -0.3 is 40.0 Å². The lowest BCUT2D eigenvalue weighted by Crippen LogP contribution is -2.58. The first-order valence-corrected chi connectivity index (χ1v) is 44.4. The van der Waals surface area contributed by atoms with E-state index in [4.69, 9.17) is 38.9 Å². The molecule has 0 spiro atoms. The Hall–Kier alpha value is -13.6. The zero-order valence-corrected chi connectivity index (χ0v) is 78.8. The van der Waals surface area contributed by atoms with Crippen LogP contribution in [0.4, 0.5) is 36.3 Å². The fraction of sp³-hybridized carbons (Fsp3) is 0.340. The van der Waals surface area contributed by atoms with Crippen LogP contribution >= 0.6 is 23.2 Å². The van der Waals surface area contributed by atoms with Crippen molar-refractivity contribution in [1.82, 2.24) is 73.2 Å². The summed E-state index contributed by atoms with van der Waals surface area (Å²) in [6, 6.07) is 28.6. The molecule has 6 unspecified atom stereocenters. The molecule has 3 aliphatic rings. The number of nitriles is 1. The van der Waals surface area contributed by atoms with Crippen LogP contribution in [0.3, 0.4) is 0 Å². The molecule has 4 aromatic carbocycles. The molecule has 684 valence electrons. The average molecular weight is 1830 g/mol. The van der Waals surface area contributed by atoms with Gasteiger partial charge in [0.05, 0.1) is 88.8 Å². The van der Waals surface area contributed by atoms with Crippen LogP contribution in [0.15, 0.2) is 168 Å². The van der Waals surface area contributed by atoms with E-state index < -0.39 is 34.5 Å². The number of rotatable bonds is 18. The molecule has 11 heterocycles. The zero-order valence-electron chi connectivity index (χ0n) is 77.3. The van der Waals surface area contributed by atoms with Gasteiger partial charge in [0.25, 0.3) is 0 Å². The minimum absolute atomic E-state index is 0.0101. The van der Waals surface area contributed by atoms with Crippen LogP contribution in [0, 0.1) is 49.6 Å². The van der Waals surface area contributed by atoms with E-state index >= 15 is 13.2 Å². The summed E-state index contributed by atoms with van der Waals surface area (Å²) in [6.07, 6.45) is 7.31. The molecule has 0 radical (unpaired) electrons.